The normalized spacial score (nSPS) is 12.0. The van der Waals surface area contributed by atoms with Gasteiger partial charge in [-0.25, -0.2) is 0 Å². The zero-order valence-corrected chi connectivity index (χ0v) is 14.1. The van der Waals surface area contributed by atoms with Crippen LogP contribution in [0.4, 0.5) is 5.69 Å². The molecule has 2 aromatic carbocycles. The van der Waals surface area contributed by atoms with Crippen molar-refractivity contribution in [3.05, 3.63) is 57.0 Å². The predicted molar refractivity (Wildman–Crippen MR) is 90.6 cm³/mol. The van der Waals surface area contributed by atoms with Crippen molar-refractivity contribution < 1.29 is 9.84 Å². The lowest BCUT2D eigenvalue weighted by molar-refractivity contribution is 0.117. The van der Waals surface area contributed by atoms with E-state index >= 15 is 0 Å². The minimum absolute atomic E-state index is 0.138. The minimum Gasteiger partial charge on any atom is -0.489 e. The molecule has 1 atom stereocenters. The monoisotopic (exact) mass is 389 g/mol. The van der Waals surface area contributed by atoms with Crippen molar-refractivity contribution in [1.29, 1.82) is 0 Å². The van der Waals surface area contributed by atoms with E-state index in [1.807, 2.05) is 24.3 Å². The third kappa shape index (κ3) is 5.08. The van der Waals surface area contributed by atoms with Gasteiger partial charge in [0.1, 0.15) is 18.5 Å². The van der Waals surface area contributed by atoms with Gasteiger partial charge in [-0.2, -0.15) is 0 Å². The van der Waals surface area contributed by atoms with Crippen LogP contribution >= 0.6 is 39.1 Å². The van der Waals surface area contributed by atoms with E-state index in [0.717, 1.165) is 10.2 Å². The summed E-state index contributed by atoms with van der Waals surface area (Å²) in [4.78, 5) is 0. The molecule has 0 spiro atoms. The van der Waals surface area contributed by atoms with Crippen LogP contribution < -0.4 is 10.1 Å². The van der Waals surface area contributed by atoms with Crippen molar-refractivity contribution in [2.24, 2.45) is 0 Å². The summed E-state index contributed by atoms with van der Waals surface area (Å²) in [6.07, 6.45) is -0.663. The summed E-state index contributed by atoms with van der Waals surface area (Å²) in [5.74, 6) is 0.501. The van der Waals surface area contributed by atoms with Crippen LogP contribution in [0, 0.1) is 0 Å². The molecule has 0 aliphatic heterocycles. The Morgan fingerprint density at radius 1 is 1.19 bits per heavy atom. The quantitative estimate of drug-likeness (QED) is 0.756. The number of rotatable bonds is 6. The van der Waals surface area contributed by atoms with Gasteiger partial charge in [0.05, 0.1) is 5.02 Å². The van der Waals surface area contributed by atoms with Gasteiger partial charge in [0.15, 0.2) is 0 Å². The van der Waals surface area contributed by atoms with Crippen LogP contribution in [0.2, 0.25) is 10.0 Å². The molecule has 0 aliphatic carbocycles. The van der Waals surface area contributed by atoms with Gasteiger partial charge < -0.3 is 15.2 Å². The average Bonchev–Trinajstić information content (AvgIpc) is 2.45. The second-order valence-corrected chi connectivity index (χ2v) is 6.10. The van der Waals surface area contributed by atoms with Gasteiger partial charge in [0.25, 0.3) is 0 Å². The first-order chi connectivity index (χ1) is 10.1. The molecule has 3 nitrogen and oxygen atoms in total. The Bertz CT molecular complexity index is 610. The van der Waals surface area contributed by atoms with Crippen LogP contribution in [0.5, 0.6) is 5.75 Å². The topological polar surface area (TPSA) is 41.5 Å². The van der Waals surface area contributed by atoms with Gasteiger partial charge in [0.2, 0.25) is 0 Å². The van der Waals surface area contributed by atoms with Crippen molar-refractivity contribution in [3.63, 3.8) is 0 Å². The van der Waals surface area contributed by atoms with E-state index < -0.39 is 6.10 Å². The summed E-state index contributed by atoms with van der Waals surface area (Å²) < 4.78 is 6.42. The molecule has 2 rings (SSSR count). The Labute approximate surface area is 142 Å². The number of nitrogens with one attached hydrogen (secondary N) is 1. The Morgan fingerprint density at radius 2 is 1.95 bits per heavy atom. The number of benzene rings is 2. The fraction of sp³-hybridized carbons (Fsp3) is 0.200. The zero-order chi connectivity index (χ0) is 15.2. The van der Waals surface area contributed by atoms with E-state index in [1.54, 1.807) is 18.2 Å². The van der Waals surface area contributed by atoms with Gasteiger partial charge in [-0.1, -0.05) is 35.3 Å². The van der Waals surface area contributed by atoms with Crippen LogP contribution in [-0.4, -0.2) is 24.4 Å². The van der Waals surface area contributed by atoms with E-state index in [0.29, 0.717) is 22.3 Å². The first kappa shape index (κ1) is 16.4. The summed E-state index contributed by atoms with van der Waals surface area (Å²) in [7, 11) is 0. The van der Waals surface area contributed by atoms with Gasteiger partial charge in [-0.15, -0.1) is 0 Å². The van der Waals surface area contributed by atoms with Crippen molar-refractivity contribution >= 4 is 44.8 Å². The smallest absolute Gasteiger partial charge is 0.138 e. The molecule has 1 unspecified atom stereocenters. The fourth-order valence-corrected chi connectivity index (χ4v) is 2.56. The summed E-state index contributed by atoms with van der Waals surface area (Å²) in [5.41, 5.74) is 0.918. The van der Waals surface area contributed by atoms with E-state index in [9.17, 15) is 5.11 Å². The molecule has 0 aliphatic rings. The number of aliphatic hydroxyl groups excluding tert-OH is 1. The summed E-state index contributed by atoms with van der Waals surface area (Å²) in [6, 6.07) is 12.7. The summed E-state index contributed by atoms with van der Waals surface area (Å²) >= 11 is 15.2. The number of hydrogen-bond donors (Lipinski definition) is 2. The first-order valence-corrected chi connectivity index (χ1v) is 7.85. The standard InChI is InChI=1S/C15H14BrCl2NO2/c16-12-3-1-2-4-14(12)19-8-11(20)9-21-15-6-5-10(17)7-13(15)18/h1-7,11,19-20H,8-9H2. The third-order valence-electron chi connectivity index (χ3n) is 2.73. The van der Waals surface area contributed by atoms with Crippen molar-refractivity contribution in [2.45, 2.75) is 6.10 Å². The van der Waals surface area contributed by atoms with Crippen LogP contribution in [0.15, 0.2) is 46.9 Å². The highest BCUT2D eigenvalue weighted by molar-refractivity contribution is 9.10. The number of ether oxygens (including phenoxy) is 1. The second kappa shape index (κ2) is 7.90. The molecule has 2 aromatic rings. The maximum absolute atomic E-state index is 9.94. The molecule has 2 N–H and O–H groups in total. The largest absolute Gasteiger partial charge is 0.489 e. The maximum atomic E-state index is 9.94. The summed E-state index contributed by atoms with van der Waals surface area (Å²) in [5, 5.41) is 14.0. The highest BCUT2D eigenvalue weighted by atomic mass is 79.9. The van der Waals surface area contributed by atoms with Crippen LogP contribution in [0.1, 0.15) is 0 Å². The third-order valence-corrected chi connectivity index (χ3v) is 3.95. The Hall–Kier alpha value is -0.940. The average molecular weight is 391 g/mol. The molecule has 0 radical (unpaired) electrons. The Kier molecular flexibility index (Phi) is 6.18. The van der Waals surface area contributed by atoms with Crippen LogP contribution in [-0.2, 0) is 0 Å². The second-order valence-electron chi connectivity index (χ2n) is 4.40. The first-order valence-electron chi connectivity index (χ1n) is 6.30. The van der Waals surface area contributed by atoms with E-state index in [-0.39, 0.29) is 6.61 Å². The molecule has 0 aromatic heterocycles. The van der Waals surface area contributed by atoms with Crippen LogP contribution in [0.3, 0.4) is 0 Å². The zero-order valence-electron chi connectivity index (χ0n) is 11.0. The van der Waals surface area contributed by atoms with Crippen molar-refractivity contribution in [2.75, 3.05) is 18.5 Å². The predicted octanol–water partition coefficient (Wildman–Crippen LogP) is 4.61. The van der Waals surface area contributed by atoms with Crippen molar-refractivity contribution in [3.8, 4) is 5.75 Å². The Morgan fingerprint density at radius 3 is 2.67 bits per heavy atom. The lowest BCUT2D eigenvalue weighted by atomic mass is 10.3. The maximum Gasteiger partial charge on any atom is 0.138 e. The van der Waals surface area contributed by atoms with E-state index in [4.69, 9.17) is 27.9 Å². The highest BCUT2D eigenvalue weighted by Gasteiger charge is 2.08. The lowest BCUT2D eigenvalue weighted by Crippen LogP contribution is -2.26. The molecule has 21 heavy (non-hydrogen) atoms. The molecule has 0 saturated carbocycles. The number of halogens is 3. The molecule has 0 fully saturated rings. The lowest BCUT2D eigenvalue weighted by Gasteiger charge is -2.15. The van der Waals surface area contributed by atoms with Gasteiger partial charge >= 0.3 is 0 Å². The fourth-order valence-electron chi connectivity index (χ4n) is 1.67. The minimum atomic E-state index is -0.663. The molecular weight excluding hydrogens is 377 g/mol. The Balaban J connectivity index is 1.82. The molecular formula is C15H14BrCl2NO2. The molecule has 0 saturated heterocycles. The number of para-hydroxylation sites is 1. The van der Waals surface area contributed by atoms with E-state index in [2.05, 4.69) is 21.2 Å². The summed E-state index contributed by atoms with van der Waals surface area (Å²) in [6.45, 7) is 0.507. The van der Waals surface area contributed by atoms with Gasteiger partial charge in [0, 0.05) is 21.7 Å². The van der Waals surface area contributed by atoms with Crippen molar-refractivity contribution in [1.82, 2.24) is 0 Å². The van der Waals surface area contributed by atoms with Crippen LogP contribution in [0.25, 0.3) is 0 Å². The number of hydrogen-bond acceptors (Lipinski definition) is 3. The molecule has 0 amide bonds. The number of anilines is 1. The number of aliphatic hydroxyl groups is 1. The highest BCUT2D eigenvalue weighted by Crippen LogP contribution is 2.27. The SMILES string of the molecule is OC(CNc1ccccc1Br)COc1ccc(Cl)cc1Cl. The molecule has 112 valence electrons. The van der Waals surface area contributed by atoms with Gasteiger partial charge in [-0.05, 0) is 46.3 Å². The molecule has 6 heteroatoms. The molecule has 0 heterocycles. The van der Waals surface area contributed by atoms with Gasteiger partial charge in [-0.3, -0.25) is 0 Å². The van der Waals surface area contributed by atoms with E-state index in [1.165, 1.54) is 0 Å². The molecule has 0 bridgehead atoms.